The van der Waals surface area contributed by atoms with Crippen molar-refractivity contribution < 1.29 is 19.4 Å². The summed E-state index contributed by atoms with van der Waals surface area (Å²) in [5.74, 6) is -0.705. The Labute approximate surface area is 164 Å². The summed E-state index contributed by atoms with van der Waals surface area (Å²) in [5, 5.41) is 9.66. The Kier molecular flexibility index (Phi) is 4.94. The van der Waals surface area contributed by atoms with E-state index in [0.29, 0.717) is 24.3 Å². The van der Waals surface area contributed by atoms with Crippen LogP contribution in [0.3, 0.4) is 0 Å². The first kappa shape index (κ1) is 18.7. The lowest BCUT2D eigenvalue weighted by Crippen LogP contribution is -2.55. The molecule has 0 unspecified atom stereocenters. The van der Waals surface area contributed by atoms with Crippen LogP contribution in [-0.4, -0.2) is 40.3 Å². The van der Waals surface area contributed by atoms with E-state index in [1.165, 1.54) is 4.90 Å². The van der Waals surface area contributed by atoms with Crippen molar-refractivity contribution in [1.29, 1.82) is 0 Å². The summed E-state index contributed by atoms with van der Waals surface area (Å²) in [6, 6.07) is 16.4. The lowest BCUT2D eigenvalue weighted by Gasteiger charge is -2.42. The molecule has 1 aliphatic heterocycles. The van der Waals surface area contributed by atoms with Gasteiger partial charge >= 0.3 is 5.97 Å². The normalized spacial score (nSPS) is 27.1. The molecule has 1 heterocycles. The standard InChI is InChI=1S/C23H25NO4/c1-16-11-13-23(14-12-16)24(20(15-28-23)22(26)27)21(25)19-9-7-18(8-10-19)17-5-3-2-4-6-17/h2-10,16,20H,11-15H2,1H3,(H,26,27)/t16?,20-,23?/m1/s1. The van der Waals surface area contributed by atoms with Gasteiger partial charge in [0.15, 0.2) is 6.04 Å². The number of rotatable bonds is 3. The number of carboxylic acid groups (broad SMARTS) is 1. The van der Waals surface area contributed by atoms with Crippen LogP contribution in [0.4, 0.5) is 0 Å². The van der Waals surface area contributed by atoms with Crippen LogP contribution in [0.25, 0.3) is 11.1 Å². The van der Waals surface area contributed by atoms with Gasteiger partial charge in [-0.3, -0.25) is 9.69 Å². The van der Waals surface area contributed by atoms with E-state index in [4.69, 9.17) is 4.74 Å². The number of ether oxygens (including phenoxy) is 1. The Bertz CT molecular complexity index is 854. The maximum Gasteiger partial charge on any atom is 0.328 e. The molecular formula is C23H25NO4. The van der Waals surface area contributed by atoms with Crippen LogP contribution in [0.15, 0.2) is 54.6 Å². The summed E-state index contributed by atoms with van der Waals surface area (Å²) < 4.78 is 5.98. The number of hydrogen-bond donors (Lipinski definition) is 1. The van der Waals surface area contributed by atoms with Crippen molar-refractivity contribution in [3.63, 3.8) is 0 Å². The van der Waals surface area contributed by atoms with Crippen LogP contribution in [0.5, 0.6) is 0 Å². The summed E-state index contributed by atoms with van der Waals surface area (Å²) in [6.45, 7) is 2.24. The predicted octanol–water partition coefficient (Wildman–Crippen LogP) is 4.19. The first-order valence-electron chi connectivity index (χ1n) is 9.86. The molecule has 1 spiro atoms. The first-order valence-corrected chi connectivity index (χ1v) is 9.86. The third-order valence-electron chi connectivity index (χ3n) is 6.06. The van der Waals surface area contributed by atoms with E-state index in [2.05, 4.69) is 6.92 Å². The summed E-state index contributed by atoms with van der Waals surface area (Å²) in [6.07, 6.45) is 3.24. The fourth-order valence-corrected chi connectivity index (χ4v) is 4.34. The highest BCUT2D eigenvalue weighted by Crippen LogP contribution is 2.43. The molecule has 1 saturated heterocycles. The number of nitrogens with zero attached hydrogens (tertiary/aromatic N) is 1. The highest BCUT2D eigenvalue weighted by atomic mass is 16.5. The molecule has 1 saturated carbocycles. The number of carboxylic acids is 1. The molecule has 1 N–H and O–H groups in total. The van der Waals surface area contributed by atoms with Gasteiger partial charge in [0.05, 0.1) is 6.61 Å². The SMILES string of the molecule is CC1CCC2(CC1)OC[C@H](C(=O)O)N2C(=O)c1ccc(-c2ccccc2)cc1. The van der Waals surface area contributed by atoms with Crippen molar-refractivity contribution >= 4 is 11.9 Å². The molecule has 5 nitrogen and oxygen atoms in total. The minimum atomic E-state index is -1.01. The molecule has 0 radical (unpaired) electrons. The van der Waals surface area contributed by atoms with E-state index >= 15 is 0 Å². The van der Waals surface area contributed by atoms with Gasteiger partial charge in [-0.15, -0.1) is 0 Å². The number of amides is 1. The Morgan fingerprint density at radius 3 is 2.21 bits per heavy atom. The van der Waals surface area contributed by atoms with Gasteiger partial charge in [-0.2, -0.15) is 0 Å². The van der Waals surface area contributed by atoms with Crippen LogP contribution in [0, 0.1) is 5.92 Å². The van der Waals surface area contributed by atoms with Gasteiger partial charge in [0.1, 0.15) is 5.72 Å². The molecule has 4 rings (SSSR count). The maximum absolute atomic E-state index is 13.3. The highest BCUT2D eigenvalue weighted by molar-refractivity contribution is 5.97. The van der Waals surface area contributed by atoms with Crippen LogP contribution >= 0.6 is 0 Å². The minimum absolute atomic E-state index is 0.0531. The number of benzene rings is 2. The van der Waals surface area contributed by atoms with Gasteiger partial charge in [-0.05, 0) is 54.9 Å². The van der Waals surface area contributed by atoms with Crippen LogP contribution in [0.1, 0.15) is 43.0 Å². The molecule has 1 amide bonds. The second-order valence-corrected chi connectivity index (χ2v) is 7.91. The second kappa shape index (κ2) is 7.40. The lowest BCUT2D eigenvalue weighted by molar-refractivity contribution is -0.143. The zero-order valence-corrected chi connectivity index (χ0v) is 16.0. The van der Waals surface area contributed by atoms with Crippen molar-refractivity contribution in [2.75, 3.05) is 6.61 Å². The third-order valence-corrected chi connectivity index (χ3v) is 6.06. The van der Waals surface area contributed by atoms with E-state index < -0.39 is 17.7 Å². The molecule has 28 heavy (non-hydrogen) atoms. The monoisotopic (exact) mass is 379 g/mol. The second-order valence-electron chi connectivity index (χ2n) is 7.91. The van der Waals surface area contributed by atoms with Crippen molar-refractivity contribution in [2.24, 2.45) is 5.92 Å². The Hall–Kier alpha value is -2.66. The maximum atomic E-state index is 13.3. The molecular weight excluding hydrogens is 354 g/mol. The summed E-state index contributed by atoms with van der Waals surface area (Å²) >= 11 is 0. The van der Waals surface area contributed by atoms with Crippen LogP contribution < -0.4 is 0 Å². The van der Waals surface area contributed by atoms with Crippen LogP contribution in [-0.2, 0) is 9.53 Å². The van der Waals surface area contributed by atoms with Crippen molar-refractivity contribution in [3.05, 3.63) is 60.2 Å². The van der Waals surface area contributed by atoms with E-state index in [9.17, 15) is 14.7 Å². The molecule has 2 aliphatic rings. The Morgan fingerprint density at radius 2 is 1.61 bits per heavy atom. The summed E-state index contributed by atoms with van der Waals surface area (Å²) in [5.41, 5.74) is 1.80. The molecule has 0 bridgehead atoms. The molecule has 1 atom stereocenters. The van der Waals surface area contributed by atoms with Gasteiger partial charge in [-0.1, -0.05) is 49.4 Å². The molecule has 2 aromatic rings. The predicted molar refractivity (Wildman–Crippen MR) is 106 cm³/mol. The van der Waals surface area contributed by atoms with Gasteiger partial charge in [0, 0.05) is 5.56 Å². The van der Waals surface area contributed by atoms with Gasteiger partial charge < -0.3 is 9.84 Å². The number of hydrogen-bond acceptors (Lipinski definition) is 3. The van der Waals surface area contributed by atoms with Crippen molar-refractivity contribution in [3.8, 4) is 11.1 Å². The zero-order chi connectivity index (χ0) is 19.7. The van der Waals surface area contributed by atoms with E-state index in [-0.39, 0.29) is 12.5 Å². The first-order chi connectivity index (χ1) is 13.5. The van der Waals surface area contributed by atoms with E-state index in [0.717, 1.165) is 24.0 Å². The highest BCUT2D eigenvalue weighted by Gasteiger charge is 2.53. The van der Waals surface area contributed by atoms with E-state index in [1.807, 2.05) is 42.5 Å². The van der Waals surface area contributed by atoms with Crippen molar-refractivity contribution in [1.82, 2.24) is 4.90 Å². The lowest BCUT2D eigenvalue weighted by atomic mass is 9.83. The summed E-state index contributed by atoms with van der Waals surface area (Å²) in [4.78, 5) is 26.6. The van der Waals surface area contributed by atoms with Crippen molar-refractivity contribution in [2.45, 2.75) is 44.4 Å². The quantitative estimate of drug-likeness (QED) is 0.869. The van der Waals surface area contributed by atoms with Crippen LogP contribution in [0.2, 0.25) is 0 Å². The fourth-order valence-electron chi connectivity index (χ4n) is 4.34. The van der Waals surface area contributed by atoms with Gasteiger partial charge in [-0.25, -0.2) is 4.79 Å². The molecule has 5 heteroatoms. The van der Waals surface area contributed by atoms with E-state index in [1.54, 1.807) is 12.1 Å². The average Bonchev–Trinajstić information content (AvgIpc) is 3.10. The molecule has 2 fully saturated rings. The van der Waals surface area contributed by atoms with Gasteiger partial charge in [0.25, 0.3) is 5.91 Å². The topological polar surface area (TPSA) is 66.8 Å². The van der Waals surface area contributed by atoms with Gasteiger partial charge in [0.2, 0.25) is 0 Å². The smallest absolute Gasteiger partial charge is 0.328 e. The number of carbonyl (C=O) groups is 2. The third kappa shape index (κ3) is 3.31. The summed E-state index contributed by atoms with van der Waals surface area (Å²) in [7, 11) is 0. The Morgan fingerprint density at radius 1 is 1.00 bits per heavy atom. The molecule has 2 aromatic carbocycles. The minimum Gasteiger partial charge on any atom is -0.480 e. The Balaban J connectivity index is 1.63. The number of aliphatic carboxylic acids is 1. The largest absolute Gasteiger partial charge is 0.480 e. The molecule has 0 aromatic heterocycles. The molecule has 1 aliphatic carbocycles. The molecule has 146 valence electrons. The average molecular weight is 379 g/mol. The fraction of sp³-hybridized carbons (Fsp3) is 0.391. The number of carbonyl (C=O) groups excluding carboxylic acids is 1. The zero-order valence-electron chi connectivity index (χ0n) is 16.0.